The summed E-state index contributed by atoms with van der Waals surface area (Å²) >= 11 is 0. The van der Waals surface area contributed by atoms with Crippen LogP contribution in [0.5, 0.6) is 0 Å². The predicted molar refractivity (Wildman–Crippen MR) is 83.7 cm³/mol. The van der Waals surface area contributed by atoms with Crippen LogP contribution < -0.4 is 0 Å². The SMILES string of the molecule is O=C(O)C(F)(F)F.O=C(O)c1cc2ccccc2n1Cc1ccncn1. The molecule has 0 radical (unpaired) electrons. The van der Waals surface area contributed by atoms with Crippen molar-refractivity contribution >= 4 is 22.8 Å². The van der Waals surface area contributed by atoms with E-state index in [1.54, 1.807) is 22.9 Å². The summed E-state index contributed by atoms with van der Waals surface area (Å²) < 4.78 is 33.5. The molecule has 1 aromatic carbocycles. The zero-order valence-electron chi connectivity index (χ0n) is 13.0. The van der Waals surface area contributed by atoms with Gasteiger partial charge in [0.15, 0.2) is 0 Å². The molecule has 0 aliphatic carbocycles. The molecule has 0 saturated heterocycles. The third-order valence-corrected chi connectivity index (χ3v) is 3.24. The molecule has 0 atom stereocenters. The molecule has 0 saturated carbocycles. The number of hydrogen-bond acceptors (Lipinski definition) is 4. The Labute approximate surface area is 144 Å². The molecule has 3 rings (SSSR count). The van der Waals surface area contributed by atoms with E-state index < -0.39 is 18.1 Å². The maximum atomic E-state index is 11.3. The number of aromatic nitrogens is 3. The topological polar surface area (TPSA) is 105 Å². The first kappa shape index (κ1) is 18.9. The molecule has 2 aromatic heterocycles. The highest BCUT2D eigenvalue weighted by atomic mass is 19.4. The molecule has 136 valence electrons. The number of para-hydroxylation sites is 1. The molecule has 2 heterocycles. The number of nitrogens with zero attached hydrogens (tertiary/aromatic N) is 3. The van der Waals surface area contributed by atoms with Gasteiger partial charge in [0, 0.05) is 17.1 Å². The lowest BCUT2D eigenvalue weighted by Crippen LogP contribution is -2.21. The first-order valence-electron chi connectivity index (χ1n) is 7.06. The summed E-state index contributed by atoms with van der Waals surface area (Å²) in [5.41, 5.74) is 1.93. The van der Waals surface area contributed by atoms with E-state index in [0.29, 0.717) is 6.54 Å². The molecule has 10 heteroatoms. The number of carboxylic acid groups (broad SMARTS) is 2. The van der Waals surface area contributed by atoms with E-state index in [-0.39, 0.29) is 5.69 Å². The van der Waals surface area contributed by atoms with Crippen LogP contribution in [-0.2, 0) is 11.3 Å². The average Bonchev–Trinajstić information content (AvgIpc) is 2.95. The van der Waals surface area contributed by atoms with Gasteiger partial charge in [-0.1, -0.05) is 18.2 Å². The van der Waals surface area contributed by atoms with Gasteiger partial charge in [-0.25, -0.2) is 19.6 Å². The Morgan fingerprint density at radius 3 is 2.31 bits per heavy atom. The van der Waals surface area contributed by atoms with E-state index in [0.717, 1.165) is 16.6 Å². The summed E-state index contributed by atoms with van der Waals surface area (Å²) in [4.78, 5) is 28.2. The number of fused-ring (bicyclic) bond motifs is 1. The Hall–Kier alpha value is -3.43. The van der Waals surface area contributed by atoms with Gasteiger partial charge in [-0.2, -0.15) is 13.2 Å². The first-order valence-corrected chi connectivity index (χ1v) is 7.06. The van der Waals surface area contributed by atoms with Gasteiger partial charge < -0.3 is 14.8 Å². The predicted octanol–water partition coefficient (Wildman–Crippen LogP) is 2.81. The van der Waals surface area contributed by atoms with Gasteiger partial charge in [0.1, 0.15) is 12.0 Å². The van der Waals surface area contributed by atoms with Crippen molar-refractivity contribution in [3.05, 3.63) is 60.3 Å². The van der Waals surface area contributed by atoms with Crippen molar-refractivity contribution in [3.63, 3.8) is 0 Å². The van der Waals surface area contributed by atoms with Crippen molar-refractivity contribution in [3.8, 4) is 0 Å². The smallest absolute Gasteiger partial charge is 0.477 e. The van der Waals surface area contributed by atoms with E-state index in [2.05, 4.69) is 9.97 Å². The molecule has 0 bridgehead atoms. The van der Waals surface area contributed by atoms with Crippen LogP contribution in [0.2, 0.25) is 0 Å². The Balaban J connectivity index is 0.000000298. The van der Waals surface area contributed by atoms with Crippen LogP contribution in [0.1, 0.15) is 16.2 Å². The van der Waals surface area contributed by atoms with E-state index in [1.807, 2.05) is 24.3 Å². The minimum Gasteiger partial charge on any atom is -0.477 e. The Morgan fingerprint density at radius 2 is 1.77 bits per heavy atom. The van der Waals surface area contributed by atoms with Gasteiger partial charge in [0.25, 0.3) is 0 Å². The number of carboxylic acids is 2. The fourth-order valence-corrected chi connectivity index (χ4v) is 2.13. The zero-order valence-corrected chi connectivity index (χ0v) is 13.0. The van der Waals surface area contributed by atoms with Crippen LogP contribution in [0.15, 0.2) is 48.9 Å². The molecule has 0 aliphatic heterocycles. The molecular formula is C16H12F3N3O4. The normalized spacial score (nSPS) is 10.9. The highest BCUT2D eigenvalue weighted by Crippen LogP contribution is 2.20. The number of carbonyl (C=O) groups is 2. The molecule has 3 aromatic rings. The van der Waals surface area contributed by atoms with Gasteiger partial charge >= 0.3 is 18.1 Å². The van der Waals surface area contributed by atoms with Gasteiger partial charge in [-0.05, 0) is 18.2 Å². The summed E-state index contributed by atoms with van der Waals surface area (Å²) in [6.07, 6.45) is -1.98. The fourth-order valence-electron chi connectivity index (χ4n) is 2.13. The third-order valence-electron chi connectivity index (χ3n) is 3.24. The van der Waals surface area contributed by atoms with Gasteiger partial charge in [0.05, 0.1) is 12.2 Å². The summed E-state index contributed by atoms with van der Waals surface area (Å²) in [6, 6.07) is 11.0. The van der Waals surface area contributed by atoms with Crippen molar-refractivity contribution < 1.29 is 33.0 Å². The lowest BCUT2D eigenvalue weighted by Gasteiger charge is -2.07. The number of halogens is 3. The standard InChI is InChI=1S/C14H11N3O2.C2HF3O2/c18-14(19)13-7-10-3-1-2-4-12(10)17(13)8-11-5-6-15-9-16-11;3-2(4,5)1(6)7/h1-7,9H,8H2,(H,18,19);(H,6,7). The monoisotopic (exact) mass is 367 g/mol. The van der Waals surface area contributed by atoms with Crippen LogP contribution in [0, 0.1) is 0 Å². The fraction of sp³-hybridized carbons (Fsp3) is 0.125. The molecule has 2 N–H and O–H groups in total. The van der Waals surface area contributed by atoms with Crippen LogP contribution >= 0.6 is 0 Å². The van der Waals surface area contributed by atoms with E-state index >= 15 is 0 Å². The summed E-state index contributed by atoms with van der Waals surface area (Å²) in [6.45, 7) is 0.414. The maximum absolute atomic E-state index is 11.3. The Kier molecular flexibility index (Phi) is 5.55. The number of aromatic carboxylic acids is 1. The molecule has 0 unspecified atom stereocenters. The highest BCUT2D eigenvalue weighted by Gasteiger charge is 2.38. The molecular weight excluding hydrogens is 355 g/mol. The van der Waals surface area contributed by atoms with Gasteiger partial charge in [-0.15, -0.1) is 0 Å². The molecule has 0 amide bonds. The minimum absolute atomic E-state index is 0.264. The first-order chi connectivity index (χ1) is 12.2. The Bertz CT molecular complexity index is 923. The van der Waals surface area contributed by atoms with Crippen molar-refractivity contribution in [2.75, 3.05) is 0 Å². The minimum atomic E-state index is -5.08. The second-order valence-electron chi connectivity index (χ2n) is 4.98. The number of aliphatic carboxylic acids is 1. The summed E-state index contributed by atoms with van der Waals surface area (Å²) in [7, 11) is 0. The number of rotatable bonds is 3. The molecule has 0 fully saturated rings. The van der Waals surface area contributed by atoms with Crippen molar-refractivity contribution in [1.82, 2.24) is 14.5 Å². The molecule has 26 heavy (non-hydrogen) atoms. The van der Waals surface area contributed by atoms with Crippen molar-refractivity contribution in [1.29, 1.82) is 0 Å². The molecule has 7 nitrogen and oxygen atoms in total. The van der Waals surface area contributed by atoms with Crippen molar-refractivity contribution in [2.45, 2.75) is 12.7 Å². The molecule has 0 aliphatic rings. The van der Waals surface area contributed by atoms with Gasteiger partial charge in [0.2, 0.25) is 0 Å². The lowest BCUT2D eigenvalue weighted by atomic mass is 10.2. The van der Waals surface area contributed by atoms with E-state index in [4.69, 9.17) is 9.90 Å². The summed E-state index contributed by atoms with van der Waals surface area (Å²) in [5.74, 6) is -3.70. The maximum Gasteiger partial charge on any atom is 0.490 e. The van der Waals surface area contributed by atoms with E-state index in [1.165, 1.54) is 6.33 Å². The highest BCUT2D eigenvalue weighted by molar-refractivity contribution is 5.94. The second kappa shape index (κ2) is 7.64. The quantitative estimate of drug-likeness (QED) is 0.737. The van der Waals surface area contributed by atoms with Gasteiger partial charge in [-0.3, -0.25) is 0 Å². The van der Waals surface area contributed by atoms with Crippen LogP contribution in [0.4, 0.5) is 13.2 Å². The number of benzene rings is 1. The molecule has 0 spiro atoms. The Morgan fingerprint density at radius 1 is 1.12 bits per heavy atom. The van der Waals surface area contributed by atoms with Crippen LogP contribution in [0.25, 0.3) is 10.9 Å². The second-order valence-corrected chi connectivity index (χ2v) is 4.98. The largest absolute Gasteiger partial charge is 0.490 e. The number of hydrogen-bond donors (Lipinski definition) is 2. The van der Waals surface area contributed by atoms with Crippen LogP contribution in [0.3, 0.4) is 0 Å². The van der Waals surface area contributed by atoms with Crippen molar-refractivity contribution in [2.24, 2.45) is 0 Å². The van der Waals surface area contributed by atoms with Crippen LogP contribution in [-0.4, -0.2) is 42.9 Å². The lowest BCUT2D eigenvalue weighted by molar-refractivity contribution is -0.192. The third kappa shape index (κ3) is 4.56. The zero-order chi connectivity index (χ0) is 19.3. The summed E-state index contributed by atoms with van der Waals surface area (Å²) in [5, 5.41) is 17.3. The average molecular weight is 367 g/mol. The number of alkyl halides is 3. The van der Waals surface area contributed by atoms with E-state index in [9.17, 15) is 23.1 Å².